The number of ether oxygens (including phenoxy) is 1. The highest BCUT2D eigenvalue weighted by Crippen LogP contribution is 2.17. The van der Waals surface area contributed by atoms with Crippen molar-refractivity contribution in [1.82, 2.24) is 9.88 Å². The van der Waals surface area contributed by atoms with Gasteiger partial charge in [-0.25, -0.2) is 4.98 Å². The zero-order valence-corrected chi connectivity index (χ0v) is 10.3. The van der Waals surface area contributed by atoms with E-state index in [9.17, 15) is 4.79 Å². The minimum absolute atomic E-state index is 0.0539. The maximum absolute atomic E-state index is 12.0. The molecular formula is C12H18N2O3. The number of likely N-dealkylation sites (tertiary alicyclic amines) is 1. The number of carbonyl (C=O) groups excluding carboxylic acids is 1. The van der Waals surface area contributed by atoms with E-state index in [1.807, 2.05) is 13.8 Å². The van der Waals surface area contributed by atoms with Crippen LogP contribution in [-0.4, -0.2) is 41.1 Å². The van der Waals surface area contributed by atoms with Gasteiger partial charge in [-0.15, -0.1) is 0 Å². The van der Waals surface area contributed by atoms with E-state index in [2.05, 4.69) is 4.98 Å². The zero-order chi connectivity index (χ0) is 12.3. The standard InChI is InChI=1S/C12H18N2O3/c1-9(2)17-10-3-5-14(6-4-10)12(15)11-7-16-8-13-11/h7-10H,3-6H2,1-2H3. The highest BCUT2D eigenvalue weighted by atomic mass is 16.5. The van der Waals surface area contributed by atoms with E-state index in [1.165, 1.54) is 12.7 Å². The number of piperidine rings is 1. The fourth-order valence-corrected chi connectivity index (χ4v) is 2.06. The second kappa shape index (κ2) is 5.31. The topological polar surface area (TPSA) is 55.6 Å². The largest absolute Gasteiger partial charge is 0.451 e. The van der Waals surface area contributed by atoms with E-state index in [-0.39, 0.29) is 18.1 Å². The predicted octanol–water partition coefficient (Wildman–Crippen LogP) is 1.70. The Labute approximate surface area is 101 Å². The van der Waals surface area contributed by atoms with Gasteiger partial charge < -0.3 is 14.1 Å². The molecule has 0 aliphatic carbocycles. The Balaban J connectivity index is 1.85. The number of amides is 1. The summed E-state index contributed by atoms with van der Waals surface area (Å²) in [5.74, 6) is -0.0539. The molecule has 1 fully saturated rings. The minimum Gasteiger partial charge on any atom is -0.451 e. The predicted molar refractivity (Wildman–Crippen MR) is 61.6 cm³/mol. The Morgan fingerprint density at radius 2 is 2.24 bits per heavy atom. The van der Waals surface area contributed by atoms with Gasteiger partial charge in [0.25, 0.3) is 5.91 Å². The number of oxazole rings is 1. The van der Waals surface area contributed by atoms with E-state index in [0.717, 1.165) is 25.9 Å². The first-order chi connectivity index (χ1) is 8.16. The molecule has 0 N–H and O–H groups in total. The van der Waals surface area contributed by atoms with Crippen molar-refractivity contribution in [2.75, 3.05) is 13.1 Å². The van der Waals surface area contributed by atoms with Gasteiger partial charge in [0.15, 0.2) is 12.1 Å². The van der Waals surface area contributed by atoms with Crippen LogP contribution in [0.4, 0.5) is 0 Å². The quantitative estimate of drug-likeness (QED) is 0.804. The van der Waals surface area contributed by atoms with Crippen molar-refractivity contribution >= 4 is 5.91 Å². The molecule has 94 valence electrons. The monoisotopic (exact) mass is 238 g/mol. The average molecular weight is 238 g/mol. The molecule has 1 amide bonds. The first kappa shape index (κ1) is 12.1. The normalized spacial score (nSPS) is 17.7. The molecule has 5 nitrogen and oxygen atoms in total. The van der Waals surface area contributed by atoms with Gasteiger partial charge in [-0.2, -0.15) is 0 Å². The van der Waals surface area contributed by atoms with Crippen molar-refractivity contribution in [1.29, 1.82) is 0 Å². The molecule has 1 aromatic heterocycles. The van der Waals surface area contributed by atoms with Crippen molar-refractivity contribution < 1.29 is 13.9 Å². The number of nitrogens with zero attached hydrogens (tertiary/aromatic N) is 2. The van der Waals surface area contributed by atoms with Gasteiger partial charge in [-0.1, -0.05) is 0 Å². The number of aromatic nitrogens is 1. The fraction of sp³-hybridized carbons (Fsp3) is 0.667. The summed E-state index contributed by atoms with van der Waals surface area (Å²) in [6, 6.07) is 0. The first-order valence-electron chi connectivity index (χ1n) is 5.99. The molecule has 5 heteroatoms. The summed E-state index contributed by atoms with van der Waals surface area (Å²) in [7, 11) is 0. The van der Waals surface area contributed by atoms with E-state index in [4.69, 9.17) is 9.15 Å². The van der Waals surface area contributed by atoms with Crippen LogP contribution >= 0.6 is 0 Å². The molecule has 17 heavy (non-hydrogen) atoms. The van der Waals surface area contributed by atoms with Gasteiger partial charge >= 0.3 is 0 Å². The maximum Gasteiger partial charge on any atom is 0.275 e. The molecule has 1 saturated heterocycles. The lowest BCUT2D eigenvalue weighted by Crippen LogP contribution is -2.41. The molecule has 0 radical (unpaired) electrons. The second-order valence-electron chi connectivity index (χ2n) is 4.55. The van der Waals surface area contributed by atoms with Crippen LogP contribution in [0.1, 0.15) is 37.2 Å². The van der Waals surface area contributed by atoms with Crippen LogP contribution in [0.5, 0.6) is 0 Å². The van der Waals surface area contributed by atoms with Gasteiger partial charge in [0.1, 0.15) is 6.26 Å². The van der Waals surface area contributed by atoms with Gasteiger partial charge in [0, 0.05) is 13.1 Å². The summed E-state index contributed by atoms with van der Waals surface area (Å²) in [6.07, 6.45) is 4.97. The van der Waals surface area contributed by atoms with Crippen molar-refractivity contribution in [3.63, 3.8) is 0 Å². The smallest absolute Gasteiger partial charge is 0.275 e. The molecule has 0 bridgehead atoms. The summed E-state index contributed by atoms with van der Waals surface area (Å²) in [4.78, 5) is 17.6. The molecule has 2 rings (SSSR count). The van der Waals surface area contributed by atoms with Crippen LogP contribution in [0.15, 0.2) is 17.1 Å². The molecule has 2 heterocycles. The lowest BCUT2D eigenvalue weighted by molar-refractivity contribution is -0.0237. The molecule has 0 saturated carbocycles. The molecule has 0 spiro atoms. The van der Waals surface area contributed by atoms with Crippen LogP contribution in [0, 0.1) is 0 Å². The molecular weight excluding hydrogens is 220 g/mol. The van der Waals surface area contributed by atoms with Crippen LogP contribution in [0.25, 0.3) is 0 Å². The molecule has 1 aromatic rings. The van der Waals surface area contributed by atoms with E-state index in [1.54, 1.807) is 4.90 Å². The number of carbonyl (C=O) groups is 1. The SMILES string of the molecule is CC(C)OC1CCN(C(=O)c2cocn2)CC1. The Morgan fingerprint density at radius 3 is 2.76 bits per heavy atom. The first-order valence-corrected chi connectivity index (χ1v) is 5.99. The molecule has 1 aliphatic rings. The van der Waals surface area contributed by atoms with Crippen LogP contribution in [-0.2, 0) is 4.74 Å². The van der Waals surface area contributed by atoms with Crippen molar-refractivity contribution in [3.8, 4) is 0 Å². The lowest BCUT2D eigenvalue weighted by atomic mass is 10.1. The summed E-state index contributed by atoms with van der Waals surface area (Å²) in [5.41, 5.74) is 0.383. The van der Waals surface area contributed by atoms with E-state index >= 15 is 0 Å². The zero-order valence-electron chi connectivity index (χ0n) is 10.3. The van der Waals surface area contributed by atoms with Crippen LogP contribution in [0.2, 0.25) is 0 Å². The number of hydrogen-bond acceptors (Lipinski definition) is 4. The summed E-state index contributed by atoms with van der Waals surface area (Å²) in [5, 5.41) is 0. The van der Waals surface area contributed by atoms with Crippen molar-refractivity contribution in [2.45, 2.75) is 38.9 Å². The van der Waals surface area contributed by atoms with Gasteiger partial charge in [0.05, 0.1) is 12.2 Å². The summed E-state index contributed by atoms with van der Waals surface area (Å²) >= 11 is 0. The number of hydrogen-bond donors (Lipinski definition) is 0. The van der Waals surface area contributed by atoms with E-state index in [0.29, 0.717) is 5.69 Å². The van der Waals surface area contributed by atoms with Crippen LogP contribution in [0.3, 0.4) is 0 Å². The highest BCUT2D eigenvalue weighted by Gasteiger charge is 2.25. The minimum atomic E-state index is -0.0539. The average Bonchev–Trinajstić information content (AvgIpc) is 2.82. The fourth-order valence-electron chi connectivity index (χ4n) is 2.06. The third-order valence-corrected chi connectivity index (χ3v) is 2.85. The summed E-state index contributed by atoms with van der Waals surface area (Å²) in [6.45, 7) is 5.52. The maximum atomic E-state index is 12.0. The molecule has 0 atom stereocenters. The Bertz CT molecular complexity index is 354. The molecule has 0 unspecified atom stereocenters. The van der Waals surface area contributed by atoms with Gasteiger partial charge in [0.2, 0.25) is 0 Å². The summed E-state index contributed by atoms with van der Waals surface area (Å²) < 4.78 is 10.6. The Hall–Kier alpha value is -1.36. The lowest BCUT2D eigenvalue weighted by Gasteiger charge is -2.32. The third-order valence-electron chi connectivity index (χ3n) is 2.85. The highest BCUT2D eigenvalue weighted by molar-refractivity contribution is 5.91. The van der Waals surface area contributed by atoms with Gasteiger partial charge in [-0.05, 0) is 26.7 Å². The van der Waals surface area contributed by atoms with Gasteiger partial charge in [-0.3, -0.25) is 4.79 Å². The third kappa shape index (κ3) is 3.06. The van der Waals surface area contributed by atoms with E-state index < -0.39 is 0 Å². The Kier molecular flexibility index (Phi) is 3.78. The Morgan fingerprint density at radius 1 is 1.53 bits per heavy atom. The van der Waals surface area contributed by atoms with Crippen LogP contribution < -0.4 is 0 Å². The number of rotatable bonds is 3. The van der Waals surface area contributed by atoms with Crippen molar-refractivity contribution in [3.05, 3.63) is 18.4 Å². The molecule has 0 aromatic carbocycles. The molecule has 1 aliphatic heterocycles. The van der Waals surface area contributed by atoms with Crippen molar-refractivity contribution in [2.24, 2.45) is 0 Å². The second-order valence-corrected chi connectivity index (χ2v) is 4.55.